The molecule has 0 aliphatic carbocycles. The summed E-state index contributed by atoms with van der Waals surface area (Å²) in [5.41, 5.74) is 0.425. The number of benzene rings is 3. The third-order valence-electron chi connectivity index (χ3n) is 3.68. The monoisotopic (exact) mass is 683 g/mol. The van der Waals surface area contributed by atoms with Crippen molar-refractivity contribution < 1.29 is 36.3 Å². The fourth-order valence-electron chi connectivity index (χ4n) is 2.25. The third-order valence-corrected chi connectivity index (χ3v) is 7.74. The Labute approximate surface area is 208 Å². The van der Waals surface area contributed by atoms with E-state index in [1.807, 2.05) is 0 Å². The van der Waals surface area contributed by atoms with Gasteiger partial charge in [0.05, 0.1) is 30.1 Å². The predicted octanol–water partition coefficient (Wildman–Crippen LogP) is 7.47. The van der Waals surface area contributed by atoms with Gasteiger partial charge in [-0.15, -0.1) is 0 Å². The van der Waals surface area contributed by atoms with Gasteiger partial charge >= 0.3 is 59.5 Å². The number of aromatic hydroxyl groups is 2. The van der Waals surface area contributed by atoms with E-state index in [1.165, 1.54) is 15.2 Å². The van der Waals surface area contributed by atoms with Crippen LogP contribution in [-0.2, 0) is 32.5 Å². The van der Waals surface area contributed by atoms with Crippen molar-refractivity contribution in [1.82, 2.24) is 0 Å². The molecule has 0 aromatic heterocycles. The second-order valence-electron chi connectivity index (χ2n) is 5.63. The zero-order chi connectivity index (χ0) is 21.0. The van der Waals surface area contributed by atoms with Crippen LogP contribution in [0.2, 0.25) is 30.1 Å². The van der Waals surface area contributed by atoms with Crippen molar-refractivity contribution >= 4 is 72.7 Å². The molecule has 2 N–H and O–H groups in total. The van der Waals surface area contributed by atoms with Gasteiger partial charge in [-0.3, -0.25) is 0 Å². The van der Waals surface area contributed by atoms with Gasteiger partial charge in [-0.25, -0.2) is 0 Å². The predicted molar refractivity (Wildman–Crippen MR) is 115 cm³/mol. The van der Waals surface area contributed by atoms with Crippen LogP contribution in [0.3, 0.4) is 0 Å². The molecule has 0 aliphatic heterocycles. The Bertz CT molecular complexity index is 882. The zero-order valence-corrected chi connectivity index (χ0v) is 24.2. The van der Waals surface area contributed by atoms with Crippen LogP contribution in [0.15, 0.2) is 42.5 Å². The summed E-state index contributed by atoms with van der Waals surface area (Å²) < 4.78 is 1.52. The average Bonchev–Trinajstić information content (AvgIpc) is 2.65. The van der Waals surface area contributed by atoms with E-state index in [0.717, 1.165) is 26.1 Å². The van der Waals surface area contributed by atoms with Crippen LogP contribution in [0.1, 0.15) is 11.1 Å². The number of hydrogen-bond donors (Lipinski definition) is 2. The molecule has 9 heteroatoms. The molecule has 0 heterocycles. The molecular formula is C19H11Cl6HgO2. The molecule has 3 aromatic carbocycles. The van der Waals surface area contributed by atoms with Crippen molar-refractivity contribution in [2.75, 3.05) is 0 Å². The molecule has 143 valence electrons. The van der Waals surface area contributed by atoms with Gasteiger partial charge in [0.15, 0.2) is 0 Å². The van der Waals surface area contributed by atoms with E-state index in [1.54, 1.807) is 0 Å². The Morgan fingerprint density at radius 1 is 0.643 bits per heavy atom. The van der Waals surface area contributed by atoms with Gasteiger partial charge in [0.2, 0.25) is 0 Å². The van der Waals surface area contributed by atoms with E-state index in [2.05, 4.69) is 30.3 Å². The maximum atomic E-state index is 10.0. The number of phenolic OH excluding ortho intramolecular Hbond substituents is 2. The van der Waals surface area contributed by atoms with Gasteiger partial charge in [-0.1, -0.05) is 69.6 Å². The Kier molecular flexibility index (Phi) is 9.35. The van der Waals surface area contributed by atoms with Crippen LogP contribution in [-0.4, -0.2) is 10.2 Å². The molecular weight excluding hydrogens is 674 g/mol. The first-order valence-electron chi connectivity index (χ1n) is 7.71. The van der Waals surface area contributed by atoms with E-state index >= 15 is 0 Å². The first-order valence-corrected chi connectivity index (χ1v) is 12.7. The molecule has 2 nitrogen and oxygen atoms in total. The van der Waals surface area contributed by atoms with Crippen molar-refractivity contribution in [3.63, 3.8) is 0 Å². The quantitative estimate of drug-likeness (QED) is 0.217. The van der Waals surface area contributed by atoms with Gasteiger partial charge in [0, 0.05) is 17.5 Å². The molecule has 0 atom stereocenters. The normalized spacial score (nSPS) is 10.4. The summed E-state index contributed by atoms with van der Waals surface area (Å²) in [5, 5.41) is 20.6. The molecule has 3 aromatic rings. The van der Waals surface area contributed by atoms with E-state index in [9.17, 15) is 10.2 Å². The van der Waals surface area contributed by atoms with Crippen molar-refractivity contribution in [2.24, 2.45) is 0 Å². The zero-order valence-electron chi connectivity index (χ0n) is 14.1. The van der Waals surface area contributed by atoms with E-state index in [-0.39, 0.29) is 59.2 Å². The first-order chi connectivity index (χ1) is 13.1. The van der Waals surface area contributed by atoms with Crippen LogP contribution in [0.4, 0.5) is 0 Å². The van der Waals surface area contributed by atoms with E-state index in [0.29, 0.717) is 0 Å². The second kappa shape index (κ2) is 10.8. The minimum absolute atomic E-state index is 0.0307. The van der Waals surface area contributed by atoms with Crippen LogP contribution < -0.4 is 3.07 Å². The molecule has 0 amide bonds. The van der Waals surface area contributed by atoms with Crippen molar-refractivity contribution in [2.45, 2.75) is 6.42 Å². The fourth-order valence-corrected chi connectivity index (χ4v) is 4.73. The van der Waals surface area contributed by atoms with Crippen molar-refractivity contribution in [1.29, 1.82) is 0 Å². The standard InChI is InChI=1S/C13H6Cl6O2.C6H5.Hg/c14-6-2-8(16)12(20)4(10(6)18)1-5-11(19)7(15)3-9(17)13(5)21;1-2-4-6-5-3-1;/h2-3,20-21H,1H2;1-5H;. The van der Waals surface area contributed by atoms with Gasteiger partial charge in [-0.2, -0.15) is 0 Å². The Morgan fingerprint density at radius 2 is 1.04 bits per heavy atom. The molecule has 28 heavy (non-hydrogen) atoms. The number of hydrogen-bond acceptors (Lipinski definition) is 2. The molecule has 0 fully saturated rings. The number of rotatable bonds is 2. The summed E-state index contributed by atoms with van der Waals surface area (Å²) >= 11 is 36.5. The van der Waals surface area contributed by atoms with E-state index in [4.69, 9.17) is 69.6 Å². The molecule has 0 radical (unpaired) electrons. The molecule has 0 unspecified atom stereocenters. The summed E-state index contributed by atoms with van der Waals surface area (Å²) in [6.07, 6.45) is -0.0457. The Hall–Kier alpha value is -0.0649. The van der Waals surface area contributed by atoms with Gasteiger partial charge in [0.25, 0.3) is 0 Å². The first kappa shape index (κ1) is 24.2. The second-order valence-corrected chi connectivity index (χ2v) is 11.2. The number of halogens is 6. The Balaban J connectivity index is 0.000000336. The van der Waals surface area contributed by atoms with Crippen LogP contribution in [0.5, 0.6) is 11.5 Å². The Morgan fingerprint density at radius 3 is 1.36 bits per heavy atom. The van der Waals surface area contributed by atoms with Gasteiger partial charge in [0.1, 0.15) is 11.5 Å². The van der Waals surface area contributed by atoms with Crippen molar-refractivity contribution in [3.05, 3.63) is 83.7 Å². The summed E-state index contributed by atoms with van der Waals surface area (Å²) in [6, 6.07) is 13.2. The SMILES string of the molecule is Oc1c(Cl)cc(Cl)c(Cl)c1Cc1c(O)c(Cl)cc(Cl)c1Cl.[Hg][c]1ccccc1. The van der Waals surface area contributed by atoms with Gasteiger partial charge in [-0.05, 0) is 12.1 Å². The molecule has 0 spiro atoms. The minimum atomic E-state index is -0.252. The molecule has 3 rings (SSSR count). The summed E-state index contributed by atoms with van der Waals surface area (Å²) in [6.45, 7) is 0. The molecule has 0 saturated carbocycles. The van der Waals surface area contributed by atoms with Crippen LogP contribution >= 0.6 is 69.6 Å². The van der Waals surface area contributed by atoms with E-state index < -0.39 is 0 Å². The van der Waals surface area contributed by atoms with Crippen LogP contribution in [0.25, 0.3) is 0 Å². The molecule has 0 aliphatic rings. The summed E-state index contributed by atoms with van der Waals surface area (Å²) in [4.78, 5) is 0. The topological polar surface area (TPSA) is 40.5 Å². The van der Waals surface area contributed by atoms with Crippen molar-refractivity contribution in [3.8, 4) is 11.5 Å². The van der Waals surface area contributed by atoms with Crippen LogP contribution in [0, 0.1) is 0 Å². The average molecular weight is 685 g/mol. The molecule has 0 bridgehead atoms. The maximum absolute atomic E-state index is 10.0. The van der Waals surface area contributed by atoms with Gasteiger partial charge < -0.3 is 10.2 Å². The summed E-state index contributed by atoms with van der Waals surface area (Å²) in [7, 11) is 0. The summed E-state index contributed by atoms with van der Waals surface area (Å²) in [5.74, 6) is -0.504. The number of phenols is 2. The molecule has 0 saturated heterocycles. The third kappa shape index (κ3) is 5.98. The fraction of sp³-hybridized carbons (Fsp3) is 0.0526.